The van der Waals surface area contributed by atoms with E-state index in [1.807, 2.05) is 24.3 Å². The largest absolute Gasteiger partial charge is 0.477 e. The maximum Gasteiger partial charge on any atom is 0.343 e. The van der Waals surface area contributed by atoms with Crippen LogP contribution in [0.3, 0.4) is 0 Å². The second kappa shape index (κ2) is 6.20. The predicted molar refractivity (Wildman–Crippen MR) is 92.9 cm³/mol. The van der Waals surface area contributed by atoms with Crippen LogP contribution in [-0.4, -0.2) is 31.0 Å². The van der Waals surface area contributed by atoms with Gasteiger partial charge in [0.2, 0.25) is 5.95 Å². The summed E-state index contributed by atoms with van der Waals surface area (Å²) in [5, 5.41) is 12.2. The molecule has 0 spiro atoms. The number of hydrogen-bond donors (Lipinski definition) is 4. The predicted octanol–water partition coefficient (Wildman–Crippen LogP) is 2.22. The van der Waals surface area contributed by atoms with Gasteiger partial charge >= 0.3 is 5.97 Å². The minimum Gasteiger partial charge on any atom is -0.477 e. The van der Waals surface area contributed by atoms with Gasteiger partial charge in [-0.25, -0.2) is 14.8 Å². The quantitative estimate of drug-likeness (QED) is 0.432. The number of imidazole rings is 1. The Kier molecular flexibility index (Phi) is 3.73. The maximum atomic E-state index is 12.2. The van der Waals surface area contributed by atoms with E-state index in [0.29, 0.717) is 5.82 Å². The summed E-state index contributed by atoms with van der Waals surface area (Å²) in [7, 11) is 0. The lowest BCUT2D eigenvalue weighted by molar-refractivity contribution is 0.0695. The molecule has 9 nitrogen and oxygen atoms in total. The highest BCUT2D eigenvalue weighted by atomic mass is 16.4. The Morgan fingerprint density at radius 2 is 2.00 bits per heavy atom. The number of anilines is 1. The maximum absolute atomic E-state index is 12.2. The third kappa shape index (κ3) is 2.81. The third-order valence-electron chi connectivity index (χ3n) is 3.75. The summed E-state index contributed by atoms with van der Waals surface area (Å²) < 4.78 is 5.20. The number of aromatic carboxylic acids is 1. The number of carboxylic acids is 1. The van der Waals surface area contributed by atoms with Gasteiger partial charge in [0.05, 0.1) is 23.8 Å². The molecular formula is C17H13N5O4. The summed E-state index contributed by atoms with van der Waals surface area (Å²) in [4.78, 5) is 37.7. The van der Waals surface area contributed by atoms with Gasteiger partial charge in [-0.15, -0.1) is 0 Å². The molecular weight excluding hydrogens is 338 g/mol. The minimum absolute atomic E-state index is 0.0432. The second-order valence-electron chi connectivity index (χ2n) is 5.47. The van der Waals surface area contributed by atoms with Crippen LogP contribution in [0, 0.1) is 0 Å². The van der Waals surface area contributed by atoms with Gasteiger partial charge in [0, 0.05) is 0 Å². The molecule has 0 amide bonds. The van der Waals surface area contributed by atoms with Crippen LogP contribution in [0.5, 0.6) is 0 Å². The van der Waals surface area contributed by atoms with Gasteiger partial charge in [-0.1, -0.05) is 12.1 Å². The monoisotopic (exact) mass is 351 g/mol. The van der Waals surface area contributed by atoms with Crippen LogP contribution in [0.1, 0.15) is 16.2 Å². The summed E-state index contributed by atoms with van der Waals surface area (Å²) in [6.07, 6.45) is 1.38. The molecule has 0 aliphatic heterocycles. The molecule has 1 aromatic carbocycles. The van der Waals surface area contributed by atoms with Gasteiger partial charge in [-0.2, -0.15) is 0 Å². The molecule has 0 bridgehead atoms. The Bertz CT molecular complexity index is 1110. The Labute approximate surface area is 145 Å². The first-order valence-electron chi connectivity index (χ1n) is 7.71. The van der Waals surface area contributed by atoms with Crippen molar-refractivity contribution in [2.45, 2.75) is 6.54 Å². The van der Waals surface area contributed by atoms with Gasteiger partial charge in [0.25, 0.3) is 5.56 Å². The number of para-hydroxylation sites is 2. The fraction of sp³-hybridized carbons (Fsp3) is 0.0588. The number of aromatic nitrogens is 4. The SMILES string of the molecule is O=C(O)c1c(-c2ccco2)nc(NCc2nc3ccccc3[nH]2)[nH]c1=O. The number of nitrogens with one attached hydrogen (secondary N) is 3. The second-order valence-corrected chi connectivity index (χ2v) is 5.47. The molecule has 0 fully saturated rings. The summed E-state index contributed by atoms with van der Waals surface area (Å²) >= 11 is 0. The van der Waals surface area contributed by atoms with E-state index in [4.69, 9.17) is 4.42 Å². The number of carbonyl (C=O) groups is 1. The first-order valence-corrected chi connectivity index (χ1v) is 7.71. The van der Waals surface area contributed by atoms with E-state index in [9.17, 15) is 14.7 Å². The molecule has 0 saturated carbocycles. The number of hydrogen-bond acceptors (Lipinski definition) is 6. The van der Waals surface area contributed by atoms with Crippen LogP contribution in [-0.2, 0) is 6.54 Å². The minimum atomic E-state index is -1.38. The first-order chi connectivity index (χ1) is 12.6. The third-order valence-corrected chi connectivity index (χ3v) is 3.75. The van der Waals surface area contributed by atoms with Crippen molar-refractivity contribution in [3.63, 3.8) is 0 Å². The highest BCUT2D eigenvalue weighted by Crippen LogP contribution is 2.21. The standard InChI is InChI=1S/C17H13N5O4/c23-15-13(16(24)25)14(11-6-3-7-26-11)21-17(22-15)18-8-12-19-9-4-1-2-5-10(9)20-12/h1-7H,8H2,(H,19,20)(H,24,25)(H2,18,21,22,23). The van der Waals surface area contributed by atoms with Gasteiger partial charge in [0.15, 0.2) is 11.3 Å². The lowest BCUT2D eigenvalue weighted by atomic mass is 10.2. The molecule has 4 aromatic rings. The van der Waals surface area contributed by atoms with Crippen LogP contribution in [0.25, 0.3) is 22.5 Å². The van der Waals surface area contributed by atoms with Crippen molar-refractivity contribution in [2.75, 3.05) is 5.32 Å². The Hall–Kier alpha value is -3.88. The summed E-state index contributed by atoms with van der Waals surface area (Å²) in [6, 6.07) is 10.7. The van der Waals surface area contributed by atoms with E-state index in [1.165, 1.54) is 12.3 Å². The van der Waals surface area contributed by atoms with Crippen molar-refractivity contribution in [3.8, 4) is 11.5 Å². The van der Waals surface area contributed by atoms with Gasteiger partial charge in [0.1, 0.15) is 11.5 Å². The molecule has 4 rings (SSSR count). The summed E-state index contributed by atoms with van der Waals surface area (Å²) in [5.74, 6) is -0.420. The van der Waals surface area contributed by atoms with E-state index in [2.05, 4.69) is 25.3 Å². The normalized spacial score (nSPS) is 10.9. The fourth-order valence-corrected chi connectivity index (χ4v) is 2.60. The first kappa shape index (κ1) is 15.6. The number of nitrogens with zero attached hydrogens (tertiary/aromatic N) is 2. The van der Waals surface area contributed by atoms with E-state index in [0.717, 1.165) is 11.0 Å². The van der Waals surface area contributed by atoms with Crippen molar-refractivity contribution in [2.24, 2.45) is 0 Å². The van der Waals surface area contributed by atoms with Crippen LogP contribution in [0.15, 0.2) is 51.9 Å². The van der Waals surface area contributed by atoms with Crippen molar-refractivity contribution in [3.05, 3.63) is 64.4 Å². The van der Waals surface area contributed by atoms with Crippen molar-refractivity contribution >= 4 is 23.0 Å². The number of aromatic amines is 2. The van der Waals surface area contributed by atoms with Gasteiger partial charge in [-0.05, 0) is 24.3 Å². The van der Waals surface area contributed by atoms with Crippen molar-refractivity contribution in [1.82, 2.24) is 19.9 Å². The Morgan fingerprint density at radius 3 is 2.73 bits per heavy atom. The zero-order chi connectivity index (χ0) is 18.1. The van der Waals surface area contributed by atoms with Crippen molar-refractivity contribution < 1.29 is 14.3 Å². The molecule has 9 heteroatoms. The number of carboxylic acid groups (broad SMARTS) is 1. The van der Waals surface area contributed by atoms with E-state index >= 15 is 0 Å². The van der Waals surface area contributed by atoms with Gasteiger partial charge < -0.3 is 19.8 Å². The molecule has 0 unspecified atom stereocenters. The smallest absolute Gasteiger partial charge is 0.343 e. The molecule has 0 radical (unpaired) electrons. The molecule has 0 aliphatic rings. The number of benzene rings is 1. The molecule has 3 aromatic heterocycles. The number of H-pyrrole nitrogens is 2. The molecule has 0 aliphatic carbocycles. The molecule has 0 atom stereocenters. The molecule has 130 valence electrons. The van der Waals surface area contributed by atoms with Gasteiger partial charge in [-0.3, -0.25) is 9.78 Å². The van der Waals surface area contributed by atoms with E-state index in [-0.39, 0.29) is 23.9 Å². The average Bonchev–Trinajstić information content (AvgIpc) is 3.28. The lowest BCUT2D eigenvalue weighted by Gasteiger charge is -2.07. The molecule has 4 N–H and O–H groups in total. The zero-order valence-electron chi connectivity index (χ0n) is 13.3. The van der Waals surface area contributed by atoms with E-state index in [1.54, 1.807) is 6.07 Å². The highest BCUT2D eigenvalue weighted by Gasteiger charge is 2.21. The number of fused-ring (bicyclic) bond motifs is 1. The lowest BCUT2D eigenvalue weighted by Crippen LogP contribution is -2.22. The van der Waals surface area contributed by atoms with Crippen LogP contribution >= 0.6 is 0 Å². The molecule has 26 heavy (non-hydrogen) atoms. The van der Waals surface area contributed by atoms with Crippen LogP contribution in [0.4, 0.5) is 5.95 Å². The topological polar surface area (TPSA) is 137 Å². The number of furan rings is 1. The Morgan fingerprint density at radius 1 is 1.15 bits per heavy atom. The van der Waals surface area contributed by atoms with Crippen LogP contribution < -0.4 is 10.9 Å². The number of rotatable bonds is 5. The summed E-state index contributed by atoms with van der Waals surface area (Å²) in [5.41, 5.74) is 0.421. The zero-order valence-corrected chi connectivity index (χ0v) is 13.3. The highest BCUT2D eigenvalue weighted by molar-refractivity contribution is 5.93. The Balaban J connectivity index is 1.66. The summed E-state index contributed by atoms with van der Waals surface area (Å²) in [6.45, 7) is 0.266. The van der Waals surface area contributed by atoms with Crippen molar-refractivity contribution in [1.29, 1.82) is 0 Å². The fourth-order valence-electron chi connectivity index (χ4n) is 2.60. The molecule has 0 saturated heterocycles. The average molecular weight is 351 g/mol. The van der Waals surface area contributed by atoms with E-state index < -0.39 is 17.1 Å². The molecule has 3 heterocycles. The van der Waals surface area contributed by atoms with Crippen LogP contribution in [0.2, 0.25) is 0 Å².